The minimum atomic E-state index is 0. The van der Waals surface area contributed by atoms with Crippen molar-refractivity contribution in [2.45, 2.75) is 19.8 Å². The zero-order chi connectivity index (χ0) is 7.94. The van der Waals surface area contributed by atoms with Gasteiger partial charge in [-0.15, -0.1) is 0 Å². The molecule has 0 amide bonds. The normalized spacial score (nSPS) is 8.75. The van der Waals surface area contributed by atoms with E-state index < -0.39 is 0 Å². The molecule has 2 heteroatoms. The molecule has 0 aliphatic heterocycles. The summed E-state index contributed by atoms with van der Waals surface area (Å²) in [6.07, 6.45) is 2.30. The molecule has 0 saturated heterocycles. The summed E-state index contributed by atoms with van der Waals surface area (Å²) in [4.78, 5) is 0. The monoisotopic (exact) mass is 191 g/mol. The van der Waals surface area contributed by atoms with E-state index in [2.05, 4.69) is 13.0 Å². The molecule has 0 atom stereocenters. The fourth-order valence-electron chi connectivity index (χ4n) is 0.802. The molecule has 0 fully saturated rings. The number of unbranched alkanes of at least 4 members (excludes halogenated alkanes) is 1. The second kappa shape index (κ2) is 7.90. The van der Waals surface area contributed by atoms with Gasteiger partial charge in [0.25, 0.3) is 0 Å². The van der Waals surface area contributed by atoms with Crippen LogP contribution >= 0.6 is 0 Å². The van der Waals surface area contributed by atoms with Gasteiger partial charge < -0.3 is 4.74 Å². The molecule has 0 N–H and O–H groups in total. The number of hydrogen-bond donors (Lipinski definition) is 0. The van der Waals surface area contributed by atoms with E-state index in [1.165, 1.54) is 6.42 Å². The molecule has 1 aromatic rings. The van der Waals surface area contributed by atoms with Crippen molar-refractivity contribution in [1.82, 2.24) is 0 Å². The second-order valence-corrected chi connectivity index (χ2v) is 2.44. The van der Waals surface area contributed by atoms with Crippen LogP contribution in [0.2, 0.25) is 0 Å². The van der Waals surface area contributed by atoms with Crippen LogP contribution in [0.1, 0.15) is 19.8 Å². The van der Waals surface area contributed by atoms with E-state index in [1.807, 2.05) is 24.3 Å². The molecule has 0 unspecified atom stereocenters. The van der Waals surface area contributed by atoms with Crippen molar-refractivity contribution < 1.29 is 4.74 Å². The summed E-state index contributed by atoms with van der Waals surface area (Å²) in [7, 11) is 0. The molecule has 1 radical (unpaired) electrons. The molecular weight excluding hydrogens is 176 g/mol. The van der Waals surface area contributed by atoms with E-state index >= 15 is 0 Å². The van der Waals surface area contributed by atoms with Crippen molar-refractivity contribution in [3.63, 3.8) is 0 Å². The van der Waals surface area contributed by atoms with Gasteiger partial charge in [-0.1, -0.05) is 25.5 Å². The van der Waals surface area contributed by atoms with Crippen molar-refractivity contribution in [3.8, 4) is 5.75 Å². The Balaban J connectivity index is 0.00000121. The SMILES string of the molecule is CCCCOc1cc[c]cc1.[CaH2]. The van der Waals surface area contributed by atoms with Gasteiger partial charge in [0.05, 0.1) is 6.61 Å². The molecule has 0 saturated carbocycles. The molecule has 1 nitrogen and oxygen atoms in total. The van der Waals surface area contributed by atoms with Crippen LogP contribution in [-0.4, -0.2) is 44.3 Å². The molecular formula is C10H15CaO. The fraction of sp³-hybridized carbons (Fsp3) is 0.400. The van der Waals surface area contributed by atoms with Crippen LogP contribution in [-0.2, 0) is 0 Å². The Labute approximate surface area is 104 Å². The minimum absolute atomic E-state index is 0. The van der Waals surface area contributed by atoms with Crippen LogP contribution < -0.4 is 4.74 Å². The van der Waals surface area contributed by atoms with E-state index in [4.69, 9.17) is 4.74 Å². The summed E-state index contributed by atoms with van der Waals surface area (Å²) in [5.74, 6) is 0.942. The third-order valence-electron chi connectivity index (χ3n) is 1.45. The molecule has 63 valence electrons. The molecule has 0 aliphatic carbocycles. The Hall–Kier alpha value is 0.280. The van der Waals surface area contributed by atoms with Gasteiger partial charge in [-0.05, 0) is 24.6 Å². The quantitative estimate of drug-likeness (QED) is 0.520. The third-order valence-corrected chi connectivity index (χ3v) is 1.45. The van der Waals surface area contributed by atoms with Crippen molar-refractivity contribution in [3.05, 3.63) is 30.3 Å². The summed E-state index contributed by atoms with van der Waals surface area (Å²) >= 11 is 0. The van der Waals surface area contributed by atoms with Gasteiger partial charge in [0.15, 0.2) is 0 Å². The Morgan fingerprint density at radius 1 is 1.33 bits per heavy atom. The summed E-state index contributed by atoms with van der Waals surface area (Å²) in [6, 6.07) is 10.5. The van der Waals surface area contributed by atoms with Crippen molar-refractivity contribution in [1.29, 1.82) is 0 Å². The van der Waals surface area contributed by atoms with Gasteiger partial charge >= 0.3 is 37.7 Å². The zero-order valence-electron chi connectivity index (χ0n) is 6.84. The third kappa shape index (κ3) is 5.02. The van der Waals surface area contributed by atoms with Crippen LogP contribution in [0.3, 0.4) is 0 Å². The fourth-order valence-corrected chi connectivity index (χ4v) is 0.802. The predicted octanol–water partition coefficient (Wildman–Crippen LogP) is 1.75. The molecule has 0 aliphatic rings. The first-order valence-electron chi connectivity index (χ1n) is 4.02. The van der Waals surface area contributed by atoms with E-state index in [1.54, 1.807) is 0 Å². The maximum atomic E-state index is 5.43. The Morgan fingerprint density at radius 2 is 2.00 bits per heavy atom. The Bertz CT molecular complexity index is 186. The van der Waals surface area contributed by atoms with Crippen molar-refractivity contribution in [2.24, 2.45) is 0 Å². The Kier molecular flexibility index (Phi) is 8.09. The topological polar surface area (TPSA) is 9.23 Å². The molecule has 0 aromatic heterocycles. The zero-order valence-corrected chi connectivity index (χ0v) is 6.84. The second-order valence-electron chi connectivity index (χ2n) is 2.44. The summed E-state index contributed by atoms with van der Waals surface area (Å²) < 4.78 is 5.43. The first kappa shape index (κ1) is 12.3. The average molecular weight is 191 g/mol. The van der Waals surface area contributed by atoms with Crippen molar-refractivity contribution in [2.75, 3.05) is 6.61 Å². The van der Waals surface area contributed by atoms with E-state index in [-0.39, 0.29) is 37.7 Å². The summed E-state index contributed by atoms with van der Waals surface area (Å²) in [5.41, 5.74) is 0. The van der Waals surface area contributed by atoms with Crippen LogP contribution in [0.4, 0.5) is 0 Å². The van der Waals surface area contributed by atoms with Gasteiger partial charge in [0.2, 0.25) is 0 Å². The van der Waals surface area contributed by atoms with E-state index in [9.17, 15) is 0 Å². The van der Waals surface area contributed by atoms with Crippen molar-refractivity contribution >= 4 is 37.7 Å². The van der Waals surface area contributed by atoms with E-state index in [0.717, 1.165) is 18.8 Å². The number of hydrogen-bond acceptors (Lipinski definition) is 1. The van der Waals surface area contributed by atoms with E-state index in [0.29, 0.717) is 0 Å². The van der Waals surface area contributed by atoms with Crippen LogP contribution in [0.5, 0.6) is 5.75 Å². The molecule has 0 spiro atoms. The number of rotatable bonds is 4. The number of benzene rings is 1. The van der Waals surface area contributed by atoms with Crippen LogP contribution in [0.15, 0.2) is 24.3 Å². The van der Waals surface area contributed by atoms with Crippen LogP contribution in [0, 0.1) is 6.07 Å². The van der Waals surface area contributed by atoms with Crippen LogP contribution in [0.25, 0.3) is 0 Å². The molecule has 12 heavy (non-hydrogen) atoms. The van der Waals surface area contributed by atoms with Gasteiger partial charge in [-0.25, -0.2) is 0 Å². The first-order valence-corrected chi connectivity index (χ1v) is 4.02. The van der Waals surface area contributed by atoms with Gasteiger partial charge in [-0.3, -0.25) is 0 Å². The standard InChI is InChI=1S/C10H13O.Ca.2H/c1-2-3-9-11-10-7-5-4-6-8-10;;;/h5-8H,2-3,9H2,1H3;;;. The maximum absolute atomic E-state index is 5.43. The summed E-state index contributed by atoms with van der Waals surface area (Å²) in [6.45, 7) is 2.97. The Morgan fingerprint density at radius 3 is 2.58 bits per heavy atom. The molecule has 0 bridgehead atoms. The molecule has 1 aromatic carbocycles. The first-order chi connectivity index (χ1) is 5.43. The summed E-state index contributed by atoms with van der Waals surface area (Å²) in [5, 5.41) is 0. The van der Waals surface area contributed by atoms with Gasteiger partial charge in [-0.2, -0.15) is 0 Å². The predicted molar refractivity (Wildman–Crippen MR) is 54.2 cm³/mol. The number of ether oxygens (including phenoxy) is 1. The van der Waals surface area contributed by atoms with Gasteiger partial charge in [0.1, 0.15) is 5.75 Å². The molecule has 1 rings (SSSR count). The molecule has 0 heterocycles. The average Bonchev–Trinajstić information content (AvgIpc) is 2.07. The van der Waals surface area contributed by atoms with Gasteiger partial charge in [0, 0.05) is 0 Å².